The molecule has 4 aromatic rings. The molecule has 0 bridgehead atoms. The molecule has 2 aromatic heterocycles. The number of anilines is 1. The molecule has 35 heavy (non-hydrogen) atoms. The van der Waals surface area contributed by atoms with Crippen LogP contribution in [0.4, 0.5) is 5.13 Å². The topological polar surface area (TPSA) is 71.5 Å². The fourth-order valence-electron chi connectivity index (χ4n) is 4.64. The first-order valence-corrected chi connectivity index (χ1v) is 13.4. The van der Waals surface area contributed by atoms with Gasteiger partial charge in [-0.1, -0.05) is 49.4 Å². The molecule has 0 radical (unpaired) electrons. The second-order valence-corrected chi connectivity index (χ2v) is 11.0. The molecule has 0 fully saturated rings. The third-order valence-corrected chi connectivity index (χ3v) is 7.90. The van der Waals surface area contributed by atoms with Crippen LogP contribution in [0.25, 0.3) is 10.2 Å². The average Bonchev–Trinajstić information content (AvgIpc) is 3.50. The Hall–Kier alpha value is -3.23. The predicted octanol–water partition coefficient (Wildman–Crippen LogP) is 6.33. The molecule has 0 saturated carbocycles. The van der Waals surface area contributed by atoms with E-state index in [9.17, 15) is 9.59 Å². The first-order chi connectivity index (χ1) is 17.0. The molecule has 0 saturated heterocycles. The van der Waals surface area contributed by atoms with Gasteiger partial charge in [0.05, 0.1) is 28.8 Å². The minimum Gasteiger partial charge on any atom is -0.494 e. The molecular formula is C27H27N3O3S2. The second kappa shape index (κ2) is 9.79. The van der Waals surface area contributed by atoms with Gasteiger partial charge in [-0.3, -0.25) is 9.59 Å². The van der Waals surface area contributed by atoms with Crippen molar-refractivity contribution >= 4 is 49.8 Å². The summed E-state index contributed by atoms with van der Waals surface area (Å²) >= 11 is 2.99. The molecule has 0 aliphatic carbocycles. The van der Waals surface area contributed by atoms with Crippen LogP contribution in [0.1, 0.15) is 53.5 Å². The highest BCUT2D eigenvalue weighted by Gasteiger charge is 2.44. The molecule has 180 valence electrons. The number of nitrogens with zero attached hydrogens (tertiary/aromatic N) is 2. The quantitative estimate of drug-likeness (QED) is 0.318. The zero-order valence-corrected chi connectivity index (χ0v) is 21.5. The maximum atomic E-state index is 13.9. The first kappa shape index (κ1) is 23.5. The maximum absolute atomic E-state index is 13.9. The van der Waals surface area contributed by atoms with Crippen molar-refractivity contribution in [2.24, 2.45) is 5.92 Å². The molecule has 8 heteroatoms. The van der Waals surface area contributed by atoms with E-state index in [4.69, 9.17) is 4.74 Å². The van der Waals surface area contributed by atoms with Crippen molar-refractivity contribution < 1.29 is 14.3 Å². The van der Waals surface area contributed by atoms with Gasteiger partial charge >= 0.3 is 0 Å². The van der Waals surface area contributed by atoms with E-state index in [0.29, 0.717) is 23.8 Å². The fraction of sp³-hybridized carbons (Fsp3) is 0.296. The van der Waals surface area contributed by atoms with Crippen LogP contribution in [0, 0.1) is 5.92 Å². The van der Waals surface area contributed by atoms with Gasteiger partial charge in [0.25, 0.3) is 5.91 Å². The molecule has 1 N–H and O–H groups in total. The lowest BCUT2D eigenvalue weighted by atomic mass is 9.81. The number of nitrogens with one attached hydrogen (secondary N) is 1. The summed E-state index contributed by atoms with van der Waals surface area (Å²) in [4.78, 5) is 35.0. The number of carbonyl (C=O) groups is 2. The van der Waals surface area contributed by atoms with Crippen LogP contribution < -0.4 is 10.1 Å². The van der Waals surface area contributed by atoms with Gasteiger partial charge in [0.1, 0.15) is 5.75 Å². The molecule has 6 nitrogen and oxygen atoms in total. The van der Waals surface area contributed by atoms with Crippen LogP contribution in [0.15, 0.2) is 60.0 Å². The van der Waals surface area contributed by atoms with Gasteiger partial charge in [-0.15, -0.1) is 11.3 Å². The third-order valence-electron chi connectivity index (χ3n) is 6.02. The van der Waals surface area contributed by atoms with Crippen LogP contribution in [-0.4, -0.2) is 34.8 Å². The van der Waals surface area contributed by atoms with Gasteiger partial charge < -0.3 is 15.0 Å². The molecule has 3 heterocycles. The molecule has 2 aromatic carbocycles. The Morgan fingerprint density at radius 2 is 2.00 bits per heavy atom. The Balaban J connectivity index is 1.54. The number of carbonyl (C=O) groups excluding carboxylic acids is 2. The third kappa shape index (κ3) is 4.56. The molecule has 5 rings (SSSR count). The molecule has 2 atom stereocenters. The summed E-state index contributed by atoms with van der Waals surface area (Å²) in [6, 6.07) is 16.8. The highest BCUT2D eigenvalue weighted by Crippen LogP contribution is 2.45. The lowest BCUT2D eigenvalue weighted by Crippen LogP contribution is -2.47. The molecule has 1 aliphatic rings. The number of amides is 2. The van der Waals surface area contributed by atoms with E-state index in [1.165, 1.54) is 11.3 Å². The van der Waals surface area contributed by atoms with Crippen molar-refractivity contribution in [1.82, 2.24) is 9.88 Å². The Morgan fingerprint density at radius 1 is 1.17 bits per heavy atom. The predicted molar refractivity (Wildman–Crippen MR) is 142 cm³/mol. The monoisotopic (exact) mass is 505 g/mol. The molecule has 2 amide bonds. The Labute approximate surface area is 212 Å². The maximum Gasteiger partial charge on any atom is 0.254 e. The second-order valence-electron chi connectivity index (χ2n) is 8.95. The number of benzene rings is 2. The van der Waals surface area contributed by atoms with Crippen molar-refractivity contribution in [1.29, 1.82) is 0 Å². The number of rotatable bonds is 7. The number of thiophene rings is 1. The molecule has 0 spiro atoms. The van der Waals surface area contributed by atoms with Crippen molar-refractivity contribution in [3.63, 3.8) is 0 Å². The van der Waals surface area contributed by atoms with E-state index in [1.807, 2.05) is 71.8 Å². The molecular weight excluding hydrogens is 478 g/mol. The van der Waals surface area contributed by atoms with E-state index in [1.54, 1.807) is 11.3 Å². The Morgan fingerprint density at radius 3 is 2.74 bits per heavy atom. The zero-order chi connectivity index (χ0) is 24.5. The van der Waals surface area contributed by atoms with Crippen LogP contribution in [0.3, 0.4) is 0 Å². The SMILES string of the molecule is CCOc1ccc2nc(NC(=O)[C@@H]3c4ccccc4C(=O)N(CC(C)C)[C@@H]3c3cccs3)sc2c1. The van der Waals surface area contributed by atoms with Crippen molar-refractivity contribution in [2.75, 3.05) is 18.5 Å². The number of hydrogen-bond donors (Lipinski definition) is 1. The van der Waals surface area contributed by atoms with E-state index in [2.05, 4.69) is 24.1 Å². The first-order valence-electron chi connectivity index (χ1n) is 11.7. The zero-order valence-electron chi connectivity index (χ0n) is 19.9. The summed E-state index contributed by atoms with van der Waals surface area (Å²) in [5, 5.41) is 5.60. The van der Waals surface area contributed by atoms with Gasteiger partial charge in [-0.05, 0) is 54.1 Å². The lowest BCUT2D eigenvalue weighted by molar-refractivity contribution is -0.119. The smallest absolute Gasteiger partial charge is 0.254 e. The van der Waals surface area contributed by atoms with Crippen LogP contribution in [0.2, 0.25) is 0 Å². The number of fused-ring (bicyclic) bond motifs is 2. The minimum absolute atomic E-state index is 0.0276. The number of thiazole rings is 1. The Kier molecular flexibility index (Phi) is 6.58. The summed E-state index contributed by atoms with van der Waals surface area (Å²) in [6.07, 6.45) is 0. The van der Waals surface area contributed by atoms with E-state index < -0.39 is 5.92 Å². The van der Waals surface area contributed by atoms with Gasteiger partial charge in [0, 0.05) is 17.0 Å². The highest BCUT2D eigenvalue weighted by atomic mass is 32.1. The van der Waals surface area contributed by atoms with Crippen molar-refractivity contribution in [2.45, 2.75) is 32.7 Å². The van der Waals surface area contributed by atoms with E-state index >= 15 is 0 Å². The highest BCUT2D eigenvalue weighted by molar-refractivity contribution is 7.22. The van der Waals surface area contributed by atoms with Crippen molar-refractivity contribution in [3.8, 4) is 5.75 Å². The number of ether oxygens (including phenoxy) is 1. The van der Waals surface area contributed by atoms with Crippen LogP contribution in [-0.2, 0) is 4.79 Å². The largest absolute Gasteiger partial charge is 0.494 e. The number of aromatic nitrogens is 1. The van der Waals surface area contributed by atoms with Gasteiger partial charge in [0.15, 0.2) is 5.13 Å². The van der Waals surface area contributed by atoms with E-state index in [-0.39, 0.29) is 23.8 Å². The normalized spacial score (nSPS) is 17.6. The minimum atomic E-state index is -0.549. The van der Waals surface area contributed by atoms with Crippen LogP contribution >= 0.6 is 22.7 Å². The summed E-state index contributed by atoms with van der Waals surface area (Å²) in [5.41, 5.74) is 2.16. The van der Waals surface area contributed by atoms with Gasteiger partial charge in [-0.25, -0.2) is 4.98 Å². The lowest BCUT2D eigenvalue weighted by Gasteiger charge is -2.41. The summed E-state index contributed by atoms with van der Waals surface area (Å²) in [5.74, 6) is 0.302. The van der Waals surface area contributed by atoms with Gasteiger partial charge in [0.2, 0.25) is 5.91 Å². The van der Waals surface area contributed by atoms with Crippen LogP contribution in [0.5, 0.6) is 5.75 Å². The van der Waals surface area contributed by atoms with Crippen molar-refractivity contribution in [3.05, 3.63) is 76.0 Å². The summed E-state index contributed by atoms with van der Waals surface area (Å²) in [6.45, 7) is 7.28. The Bertz CT molecular complexity index is 1360. The molecule has 0 unspecified atom stereocenters. The number of hydrogen-bond acceptors (Lipinski definition) is 6. The van der Waals surface area contributed by atoms with E-state index in [0.717, 1.165) is 26.4 Å². The summed E-state index contributed by atoms with van der Waals surface area (Å²) in [7, 11) is 0. The van der Waals surface area contributed by atoms with Gasteiger partial charge in [-0.2, -0.15) is 0 Å². The fourth-order valence-corrected chi connectivity index (χ4v) is 6.42. The summed E-state index contributed by atoms with van der Waals surface area (Å²) < 4.78 is 6.55. The average molecular weight is 506 g/mol. The standard InChI is InChI=1S/C27H27N3O3S2/c1-4-33-17-11-12-20-22(14-17)35-27(28-20)29-25(31)23-18-8-5-6-9-19(18)26(32)30(15-16(2)3)24(23)21-10-7-13-34-21/h5-14,16,23-24H,4,15H2,1-3H3,(H,28,29,31)/t23-,24-/m1/s1. The molecule has 1 aliphatic heterocycles.